The Hall–Kier alpha value is -1.55. The van der Waals surface area contributed by atoms with Crippen molar-refractivity contribution in [2.24, 2.45) is 11.7 Å². The van der Waals surface area contributed by atoms with E-state index < -0.39 is 0 Å². The summed E-state index contributed by atoms with van der Waals surface area (Å²) in [6, 6.07) is 9.29. The van der Waals surface area contributed by atoms with Gasteiger partial charge in [0.2, 0.25) is 5.91 Å². The minimum Gasteiger partial charge on any atom is -0.372 e. The van der Waals surface area contributed by atoms with E-state index >= 15 is 0 Å². The van der Waals surface area contributed by atoms with E-state index in [0.29, 0.717) is 18.4 Å². The second kappa shape index (κ2) is 7.46. The lowest BCUT2D eigenvalue weighted by atomic mass is 9.93. The molecule has 0 bridgehead atoms. The molecule has 0 aromatic heterocycles. The standard InChI is InChI=1S/C17H27N3O/c1-3-16(19-2)14-4-6-15(7-5-14)20-10-8-13(9-11-20)12-17(18)21/h4-7,13,16,19H,3,8-12H2,1-2H3,(H2,18,21). The summed E-state index contributed by atoms with van der Waals surface area (Å²) < 4.78 is 0. The third-order valence-electron chi connectivity index (χ3n) is 4.52. The van der Waals surface area contributed by atoms with E-state index in [-0.39, 0.29) is 5.91 Å². The van der Waals surface area contributed by atoms with Crippen molar-refractivity contribution < 1.29 is 4.79 Å². The number of nitrogens with zero attached hydrogens (tertiary/aromatic N) is 1. The van der Waals surface area contributed by atoms with Gasteiger partial charge >= 0.3 is 0 Å². The van der Waals surface area contributed by atoms with Gasteiger partial charge in [0.15, 0.2) is 0 Å². The first kappa shape index (κ1) is 15.8. The summed E-state index contributed by atoms with van der Waals surface area (Å²) in [5, 5.41) is 3.33. The fourth-order valence-electron chi connectivity index (χ4n) is 3.20. The molecule has 1 amide bonds. The Labute approximate surface area is 127 Å². The number of anilines is 1. The predicted molar refractivity (Wildman–Crippen MR) is 87.3 cm³/mol. The zero-order valence-corrected chi connectivity index (χ0v) is 13.1. The number of hydrogen-bond acceptors (Lipinski definition) is 3. The molecule has 0 saturated carbocycles. The van der Waals surface area contributed by atoms with Gasteiger partial charge < -0.3 is 16.0 Å². The Morgan fingerprint density at radius 3 is 2.43 bits per heavy atom. The van der Waals surface area contributed by atoms with Crippen LogP contribution in [0.4, 0.5) is 5.69 Å². The van der Waals surface area contributed by atoms with Crippen LogP contribution >= 0.6 is 0 Å². The van der Waals surface area contributed by atoms with Gasteiger partial charge in [-0.25, -0.2) is 0 Å². The molecule has 4 nitrogen and oxygen atoms in total. The number of carbonyl (C=O) groups excluding carboxylic acids is 1. The van der Waals surface area contributed by atoms with Crippen LogP contribution in [0.25, 0.3) is 0 Å². The van der Waals surface area contributed by atoms with Crippen molar-refractivity contribution in [2.45, 2.75) is 38.6 Å². The number of nitrogens with two attached hydrogens (primary N) is 1. The van der Waals surface area contributed by atoms with Gasteiger partial charge in [0, 0.05) is 31.2 Å². The number of carbonyl (C=O) groups is 1. The number of piperidine rings is 1. The van der Waals surface area contributed by atoms with Crippen molar-refractivity contribution in [2.75, 3.05) is 25.0 Å². The van der Waals surface area contributed by atoms with Crippen LogP contribution in [0.5, 0.6) is 0 Å². The largest absolute Gasteiger partial charge is 0.372 e. The quantitative estimate of drug-likeness (QED) is 0.845. The zero-order valence-electron chi connectivity index (χ0n) is 13.1. The minimum atomic E-state index is -0.171. The Bertz CT molecular complexity index is 446. The molecular weight excluding hydrogens is 262 g/mol. The van der Waals surface area contributed by atoms with Gasteiger partial charge in [-0.05, 0) is 49.9 Å². The smallest absolute Gasteiger partial charge is 0.217 e. The highest BCUT2D eigenvalue weighted by atomic mass is 16.1. The highest BCUT2D eigenvalue weighted by Crippen LogP contribution is 2.26. The van der Waals surface area contributed by atoms with Gasteiger partial charge in [-0.1, -0.05) is 19.1 Å². The lowest BCUT2D eigenvalue weighted by Gasteiger charge is -2.33. The van der Waals surface area contributed by atoms with Gasteiger partial charge in [0.05, 0.1) is 0 Å². The van der Waals surface area contributed by atoms with Crippen LogP contribution in [0, 0.1) is 5.92 Å². The van der Waals surface area contributed by atoms with Crippen LogP contribution in [0.1, 0.15) is 44.2 Å². The van der Waals surface area contributed by atoms with Crippen molar-refractivity contribution in [1.82, 2.24) is 5.32 Å². The summed E-state index contributed by atoms with van der Waals surface area (Å²) in [5.41, 5.74) is 7.90. The molecule has 116 valence electrons. The van der Waals surface area contributed by atoms with Gasteiger partial charge in [0.1, 0.15) is 0 Å². The average molecular weight is 289 g/mol. The van der Waals surface area contributed by atoms with Crippen molar-refractivity contribution in [3.05, 3.63) is 29.8 Å². The number of rotatable bonds is 6. The second-order valence-electron chi connectivity index (χ2n) is 5.94. The summed E-state index contributed by atoms with van der Waals surface area (Å²) in [7, 11) is 2.01. The van der Waals surface area contributed by atoms with E-state index in [1.807, 2.05) is 7.05 Å². The maximum Gasteiger partial charge on any atom is 0.217 e. The van der Waals surface area contributed by atoms with Gasteiger partial charge in [-0.3, -0.25) is 4.79 Å². The first-order valence-electron chi connectivity index (χ1n) is 7.94. The third-order valence-corrected chi connectivity index (χ3v) is 4.52. The van der Waals surface area contributed by atoms with Crippen LogP contribution in [0.2, 0.25) is 0 Å². The summed E-state index contributed by atoms with van der Waals surface area (Å²) in [4.78, 5) is 13.4. The molecule has 1 unspecified atom stereocenters. The van der Waals surface area contributed by atoms with Gasteiger partial charge in [0.25, 0.3) is 0 Å². The summed E-state index contributed by atoms with van der Waals surface area (Å²) >= 11 is 0. The molecule has 0 radical (unpaired) electrons. The van der Waals surface area contributed by atoms with Crippen LogP contribution in [-0.2, 0) is 4.79 Å². The molecule has 1 heterocycles. The van der Waals surface area contributed by atoms with E-state index in [4.69, 9.17) is 5.73 Å². The second-order valence-corrected chi connectivity index (χ2v) is 5.94. The van der Waals surface area contributed by atoms with Crippen molar-refractivity contribution in [1.29, 1.82) is 0 Å². The Kier molecular flexibility index (Phi) is 5.62. The number of primary amides is 1. The first-order valence-corrected chi connectivity index (χ1v) is 7.94. The summed E-state index contributed by atoms with van der Waals surface area (Å²) in [6.07, 6.45) is 3.74. The molecule has 1 aliphatic heterocycles. The molecule has 1 saturated heterocycles. The summed E-state index contributed by atoms with van der Waals surface area (Å²) in [5.74, 6) is 0.294. The molecular formula is C17H27N3O. The van der Waals surface area contributed by atoms with Crippen molar-refractivity contribution in [3.8, 4) is 0 Å². The number of benzene rings is 1. The van der Waals surface area contributed by atoms with E-state index in [2.05, 4.69) is 41.4 Å². The highest BCUT2D eigenvalue weighted by Gasteiger charge is 2.20. The van der Waals surface area contributed by atoms with Gasteiger partial charge in [-0.2, -0.15) is 0 Å². The molecule has 21 heavy (non-hydrogen) atoms. The molecule has 4 heteroatoms. The first-order chi connectivity index (χ1) is 10.1. The van der Waals surface area contributed by atoms with Crippen LogP contribution in [0.3, 0.4) is 0 Å². The van der Waals surface area contributed by atoms with Crippen LogP contribution in [-0.4, -0.2) is 26.0 Å². The van der Waals surface area contributed by atoms with E-state index in [1.165, 1.54) is 11.3 Å². The molecule has 1 aliphatic rings. The molecule has 2 rings (SSSR count). The Morgan fingerprint density at radius 2 is 1.95 bits per heavy atom. The van der Waals surface area contributed by atoms with E-state index in [9.17, 15) is 4.79 Å². The maximum atomic E-state index is 11.0. The number of nitrogens with one attached hydrogen (secondary N) is 1. The van der Waals surface area contributed by atoms with E-state index in [0.717, 1.165) is 32.4 Å². The van der Waals surface area contributed by atoms with E-state index in [1.54, 1.807) is 0 Å². The monoisotopic (exact) mass is 289 g/mol. The fraction of sp³-hybridized carbons (Fsp3) is 0.588. The van der Waals surface area contributed by atoms with Crippen molar-refractivity contribution in [3.63, 3.8) is 0 Å². The molecule has 0 aliphatic carbocycles. The fourth-order valence-corrected chi connectivity index (χ4v) is 3.20. The number of hydrogen-bond donors (Lipinski definition) is 2. The predicted octanol–water partition coefficient (Wildman–Crippen LogP) is 2.45. The molecule has 1 aromatic carbocycles. The third kappa shape index (κ3) is 4.21. The molecule has 1 fully saturated rings. The molecule has 1 aromatic rings. The Balaban J connectivity index is 1.93. The van der Waals surface area contributed by atoms with Crippen LogP contribution in [0.15, 0.2) is 24.3 Å². The molecule has 3 N–H and O–H groups in total. The summed E-state index contributed by atoms with van der Waals surface area (Å²) in [6.45, 7) is 4.22. The van der Waals surface area contributed by atoms with Crippen LogP contribution < -0.4 is 16.0 Å². The topological polar surface area (TPSA) is 58.4 Å². The Morgan fingerprint density at radius 1 is 1.33 bits per heavy atom. The zero-order chi connectivity index (χ0) is 15.2. The molecule has 0 spiro atoms. The maximum absolute atomic E-state index is 11.0. The normalized spacial score (nSPS) is 17.7. The highest BCUT2D eigenvalue weighted by molar-refractivity contribution is 5.74. The van der Waals surface area contributed by atoms with Crippen molar-refractivity contribution >= 4 is 11.6 Å². The molecule has 1 atom stereocenters. The SMILES string of the molecule is CCC(NC)c1ccc(N2CCC(CC(N)=O)CC2)cc1. The minimum absolute atomic E-state index is 0.171. The van der Waals surface area contributed by atoms with Gasteiger partial charge in [-0.15, -0.1) is 0 Å². The average Bonchev–Trinajstić information content (AvgIpc) is 2.49. The lowest BCUT2D eigenvalue weighted by molar-refractivity contribution is -0.119. The number of amides is 1. The lowest BCUT2D eigenvalue weighted by Crippen LogP contribution is -2.35.